The minimum atomic E-state index is -0.137. The number of carbonyl (C=O) groups is 1. The normalized spacial score (nSPS) is 14.9. The summed E-state index contributed by atoms with van der Waals surface area (Å²) in [5.74, 6) is 0.662. The molecule has 0 aliphatic heterocycles. The number of hydrogen-bond acceptors (Lipinski definition) is 3. The maximum atomic E-state index is 11.1. The molecular formula is C13H24IN3O2. The molecule has 5 nitrogen and oxygen atoms in total. The van der Waals surface area contributed by atoms with E-state index >= 15 is 0 Å². The zero-order valence-corrected chi connectivity index (χ0v) is 14.0. The van der Waals surface area contributed by atoms with E-state index < -0.39 is 0 Å². The molecule has 0 atom stereocenters. The third-order valence-corrected chi connectivity index (χ3v) is 2.73. The second-order valence-corrected chi connectivity index (χ2v) is 4.19. The van der Waals surface area contributed by atoms with Crippen LogP contribution in [0.4, 0.5) is 0 Å². The van der Waals surface area contributed by atoms with E-state index in [0.717, 1.165) is 31.8 Å². The van der Waals surface area contributed by atoms with Crippen LogP contribution in [-0.2, 0) is 9.53 Å². The Bertz CT molecular complexity index is 311. The summed E-state index contributed by atoms with van der Waals surface area (Å²) < 4.78 is 4.86. The molecule has 0 unspecified atom stereocenters. The Morgan fingerprint density at radius 3 is 2.68 bits per heavy atom. The highest BCUT2D eigenvalue weighted by atomic mass is 127. The number of carbonyl (C=O) groups excluding carboxylic acids is 1. The molecule has 0 heterocycles. The predicted octanol–water partition coefficient (Wildman–Crippen LogP) is 1.83. The second-order valence-electron chi connectivity index (χ2n) is 4.19. The number of guanidine groups is 1. The fraction of sp³-hybridized carbons (Fsp3) is 0.692. The van der Waals surface area contributed by atoms with Crippen LogP contribution in [0.5, 0.6) is 0 Å². The van der Waals surface area contributed by atoms with Crippen LogP contribution in [0, 0.1) is 0 Å². The van der Waals surface area contributed by atoms with Crippen molar-refractivity contribution in [1.82, 2.24) is 10.6 Å². The lowest BCUT2D eigenvalue weighted by molar-refractivity contribution is -0.143. The number of aliphatic imine (C=N–C) groups is 1. The number of nitrogens with one attached hydrogen (secondary N) is 2. The van der Waals surface area contributed by atoms with Gasteiger partial charge in [-0.05, 0) is 26.2 Å². The van der Waals surface area contributed by atoms with Gasteiger partial charge in [-0.2, -0.15) is 0 Å². The van der Waals surface area contributed by atoms with Crippen LogP contribution in [0.3, 0.4) is 0 Å². The van der Waals surface area contributed by atoms with Crippen LogP contribution >= 0.6 is 24.0 Å². The zero-order chi connectivity index (χ0) is 13.2. The van der Waals surface area contributed by atoms with Gasteiger partial charge in [0.2, 0.25) is 0 Å². The van der Waals surface area contributed by atoms with Crippen LogP contribution in [0.1, 0.15) is 32.6 Å². The van der Waals surface area contributed by atoms with E-state index in [1.807, 2.05) is 6.92 Å². The summed E-state index contributed by atoms with van der Waals surface area (Å²) in [7, 11) is 1.75. The Labute approximate surface area is 132 Å². The Morgan fingerprint density at radius 2 is 2.11 bits per heavy atom. The van der Waals surface area contributed by atoms with E-state index in [0.29, 0.717) is 19.1 Å². The van der Waals surface area contributed by atoms with Crippen molar-refractivity contribution in [1.29, 1.82) is 0 Å². The summed E-state index contributed by atoms with van der Waals surface area (Å²) in [6.45, 7) is 2.99. The molecule has 0 radical (unpaired) electrons. The summed E-state index contributed by atoms with van der Waals surface area (Å²) in [6, 6.07) is 0.446. The predicted molar refractivity (Wildman–Crippen MR) is 87.9 cm³/mol. The van der Waals surface area contributed by atoms with Gasteiger partial charge in [0.25, 0.3) is 0 Å². The van der Waals surface area contributed by atoms with Crippen molar-refractivity contribution in [2.24, 2.45) is 4.99 Å². The van der Waals surface area contributed by atoms with Gasteiger partial charge in [0, 0.05) is 26.1 Å². The number of esters is 1. The molecule has 19 heavy (non-hydrogen) atoms. The summed E-state index contributed by atoms with van der Waals surface area (Å²) >= 11 is 0. The average molecular weight is 381 g/mol. The van der Waals surface area contributed by atoms with Gasteiger partial charge in [-0.15, -0.1) is 24.0 Å². The SMILES string of the molecule is CCOC(=O)CCCNC(=NC)NC1CC=CC1.I. The van der Waals surface area contributed by atoms with Crippen LogP contribution in [0.15, 0.2) is 17.1 Å². The third kappa shape index (κ3) is 8.07. The maximum absolute atomic E-state index is 11.1. The summed E-state index contributed by atoms with van der Waals surface area (Å²) in [4.78, 5) is 15.3. The van der Waals surface area contributed by atoms with Crippen molar-refractivity contribution in [3.63, 3.8) is 0 Å². The Hall–Kier alpha value is -0.790. The number of ether oxygens (including phenoxy) is 1. The molecule has 0 bridgehead atoms. The van der Waals surface area contributed by atoms with Crippen molar-refractivity contribution in [3.05, 3.63) is 12.2 Å². The maximum Gasteiger partial charge on any atom is 0.305 e. The number of nitrogens with zero attached hydrogens (tertiary/aromatic N) is 1. The van der Waals surface area contributed by atoms with Crippen LogP contribution < -0.4 is 10.6 Å². The lowest BCUT2D eigenvalue weighted by Gasteiger charge is -2.16. The standard InChI is InChI=1S/C13H23N3O2.HI/c1-3-18-12(17)9-6-10-15-13(14-2)16-11-7-4-5-8-11;/h4-5,11H,3,6-10H2,1-2H3,(H2,14,15,16);1H. The fourth-order valence-corrected chi connectivity index (χ4v) is 1.80. The molecule has 0 aromatic carbocycles. The molecule has 1 aliphatic rings. The summed E-state index contributed by atoms with van der Waals surface area (Å²) in [5.41, 5.74) is 0. The van der Waals surface area contributed by atoms with Gasteiger partial charge in [-0.25, -0.2) is 0 Å². The van der Waals surface area contributed by atoms with Crippen molar-refractivity contribution >= 4 is 35.9 Å². The molecule has 0 saturated carbocycles. The zero-order valence-electron chi connectivity index (χ0n) is 11.6. The highest BCUT2D eigenvalue weighted by molar-refractivity contribution is 14.0. The molecule has 0 aromatic rings. The van der Waals surface area contributed by atoms with Crippen molar-refractivity contribution in [3.8, 4) is 0 Å². The molecule has 0 spiro atoms. The van der Waals surface area contributed by atoms with Crippen LogP contribution in [0.2, 0.25) is 0 Å². The molecule has 0 amide bonds. The van der Waals surface area contributed by atoms with Gasteiger partial charge in [0.05, 0.1) is 6.61 Å². The van der Waals surface area contributed by atoms with Gasteiger partial charge < -0.3 is 15.4 Å². The second kappa shape index (κ2) is 11.1. The summed E-state index contributed by atoms with van der Waals surface area (Å²) in [5, 5.41) is 6.54. The highest BCUT2D eigenvalue weighted by Crippen LogP contribution is 2.08. The minimum Gasteiger partial charge on any atom is -0.466 e. The molecule has 0 saturated heterocycles. The van der Waals surface area contributed by atoms with E-state index in [1.165, 1.54) is 0 Å². The molecule has 2 N–H and O–H groups in total. The molecule has 110 valence electrons. The fourth-order valence-electron chi connectivity index (χ4n) is 1.80. The van der Waals surface area contributed by atoms with E-state index in [2.05, 4.69) is 27.8 Å². The first kappa shape index (κ1) is 18.2. The first-order valence-electron chi connectivity index (χ1n) is 6.54. The van der Waals surface area contributed by atoms with Gasteiger partial charge in [0.15, 0.2) is 5.96 Å². The molecule has 1 aliphatic carbocycles. The first-order valence-corrected chi connectivity index (χ1v) is 6.54. The number of hydrogen-bond donors (Lipinski definition) is 2. The van der Waals surface area contributed by atoms with Crippen molar-refractivity contribution < 1.29 is 9.53 Å². The summed E-state index contributed by atoms with van der Waals surface area (Å²) in [6.07, 6.45) is 7.63. The molecular weight excluding hydrogens is 357 g/mol. The number of rotatable bonds is 6. The lowest BCUT2D eigenvalue weighted by atomic mass is 10.2. The smallest absolute Gasteiger partial charge is 0.305 e. The molecule has 0 aromatic heterocycles. The Kier molecular flexibility index (Phi) is 10.6. The lowest BCUT2D eigenvalue weighted by Crippen LogP contribution is -2.42. The average Bonchev–Trinajstić information content (AvgIpc) is 2.86. The van der Waals surface area contributed by atoms with Gasteiger partial charge >= 0.3 is 5.97 Å². The van der Waals surface area contributed by atoms with E-state index in [9.17, 15) is 4.79 Å². The topological polar surface area (TPSA) is 62.7 Å². The van der Waals surface area contributed by atoms with E-state index in [4.69, 9.17) is 4.74 Å². The monoisotopic (exact) mass is 381 g/mol. The third-order valence-electron chi connectivity index (χ3n) is 2.73. The quantitative estimate of drug-likeness (QED) is 0.184. The van der Waals surface area contributed by atoms with E-state index in [-0.39, 0.29) is 29.9 Å². The van der Waals surface area contributed by atoms with E-state index in [1.54, 1.807) is 7.05 Å². The molecule has 6 heteroatoms. The first-order chi connectivity index (χ1) is 8.76. The van der Waals surface area contributed by atoms with Crippen molar-refractivity contribution in [2.45, 2.75) is 38.6 Å². The number of halogens is 1. The van der Waals surface area contributed by atoms with Gasteiger partial charge in [-0.1, -0.05) is 12.2 Å². The van der Waals surface area contributed by atoms with Crippen molar-refractivity contribution in [2.75, 3.05) is 20.2 Å². The van der Waals surface area contributed by atoms with Crippen LogP contribution in [0.25, 0.3) is 0 Å². The Morgan fingerprint density at radius 1 is 1.42 bits per heavy atom. The largest absolute Gasteiger partial charge is 0.466 e. The van der Waals surface area contributed by atoms with Gasteiger partial charge in [-0.3, -0.25) is 9.79 Å². The molecule has 1 rings (SSSR count). The highest BCUT2D eigenvalue weighted by Gasteiger charge is 2.11. The van der Waals surface area contributed by atoms with Gasteiger partial charge in [0.1, 0.15) is 0 Å². The Balaban J connectivity index is 0.00000324. The molecule has 0 fully saturated rings. The van der Waals surface area contributed by atoms with Crippen LogP contribution in [-0.4, -0.2) is 38.2 Å². The minimum absolute atomic E-state index is 0.